The quantitative estimate of drug-likeness (QED) is 0.770. The van der Waals surface area contributed by atoms with Gasteiger partial charge in [-0.25, -0.2) is 0 Å². The summed E-state index contributed by atoms with van der Waals surface area (Å²) in [6.07, 6.45) is 3.76. The molecule has 2 saturated heterocycles. The van der Waals surface area contributed by atoms with Crippen molar-refractivity contribution >= 4 is 23.2 Å². The molecule has 0 atom stereocenters. The zero-order valence-corrected chi connectivity index (χ0v) is 16.8. The molecule has 1 aromatic carbocycles. The Bertz CT molecular complexity index is 807. The largest absolute Gasteiger partial charge is 0.488 e. The molecule has 1 aromatic heterocycles. The van der Waals surface area contributed by atoms with Crippen LogP contribution >= 0.6 is 11.3 Å². The Labute approximate surface area is 169 Å². The molecule has 2 aromatic rings. The number of amides is 2. The van der Waals surface area contributed by atoms with E-state index >= 15 is 0 Å². The Balaban J connectivity index is 1.32. The lowest BCUT2D eigenvalue weighted by Gasteiger charge is -2.33. The highest BCUT2D eigenvalue weighted by Gasteiger charge is 2.31. The number of carbonyl (C=O) groups excluding carboxylic acids is 2. The molecule has 3 heterocycles. The summed E-state index contributed by atoms with van der Waals surface area (Å²) in [7, 11) is 0. The summed E-state index contributed by atoms with van der Waals surface area (Å²) in [4.78, 5) is 30.5. The van der Waals surface area contributed by atoms with Crippen molar-refractivity contribution in [3.05, 3.63) is 52.2 Å². The molecule has 2 aliphatic rings. The van der Waals surface area contributed by atoms with Crippen molar-refractivity contribution in [3.8, 4) is 5.75 Å². The SMILES string of the molecule is O=C(c1cccc(OCc2cccs2)c1)N1CCC(C(=O)N2CCCC2)CC1. The smallest absolute Gasteiger partial charge is 0.253 e. The normalized spacial score (nSPS) is 17.7. The van der Waals surface area contributed by atoms with Crippen molar-refractivity contribution in [2.75, 3.05) is 26.2 Å². The molecule has 0 N–H and O–H groups in total. The molecule has 0 aliphatic carbocycles. The van der Waals surface area contributed by atoms with E-state index in [9.17, 15) is 9.59 Å². The van der Waals surface area contributed by atoms with Crippen molar-refractivity contribution in [2.24, 2.45) is 5.92 Å². The molecule has 0 spiro atoms. The lowest BCUT2D eigenvalue weighted by Crippen LogP contribution is -2.43. The minimum atomic E-state index is 0.0219. The molecule has 148 valence electrons. The summed E-state index contributed by atoms with van der Waals surface area (Å²) in [5, 5.41) is 2.02. The van der Waals surface area contributed by atoms with Gasteiger partial charge in [0.15, 0.2) is 0 Å². The molecule has 0 radical (unpaired) electrons. The maximum absolute atomic E-state index is 12.9. The highest BCUT2D eigenvalue weighted by Crippen LogP contribution is 2.24. The van der Waals surface area contributed by atoms with E-state index in [1.165, 1.54) is 0 Å². The van der Waals surface area contributed by atoms with Crippen molar-refractivity contribution in [1.82, 2.24) is 9.80 Å². The summed E-state index contributed by atoms with van der Waals surface area (Å²) in [5.41, 5.74) is 0.646. The van der Waals surface area contributed by atoms with Crippen LogP contribution in [0.4, 0.5) is 0 Å². The van der Waals surface area contributed by atoms with Gasteiger partial charge in [-0.2, -0.15) is 0 Å². The van der Waals surface area contributed by atoms with E-state index in [1.807, 2.05) is 51.6 Å². The number of hydrogen-bond acceptors (Lipinski definition) is 4. The Kier molecular flexibility index (Phi) is 5.95. The van der Waals surface area contributed by atoms with Crippen molar-refractivity contribution in [3.63, 3.8) is 0 Å². The van der Waals surface area contributed by atoms with Gasteiger partial charge in [0.25, 0.3) is 5.91 Å². The van der Waals surface area contributed by atoms with Gasteiger partial charge in [-0.3, -0.25) is 9.59 Å². The predicted octanol–water partition coefficient (Wildman–Crippen LogP) is 3.80. The Hall–Kier alpha value is -2.34. The van der Waals surface area contributed by atoms with Crippen LogP contribution in [-0.2, 0) is 11.4 Å². The van der Waals surface area contributed by atoms with Crippen LogP contribution in [0.1, 0.15) is 40.9 Å². The standard InChI is InChI=1S/C22H26N2O3S/c25-21(23-10-1-2-11-23)17-8-12-24(13-9-17)22(26)18-5-3-6-19(15-18)27-16-20-7-4-14-28-20/h3-7,14-15,17H,1-2,8-13,16H2. The van der Waals surface area contributed by atoms with Crippen molar-refractivity contribution < 1.29 is 14.3 Å². The maximum atomic E-state index is 12.9. The van der Waals surface area contributed by atoms with Crippen LogP contribution in [0.25, 0.3) is 0 Å². The first-order chi connectivity index (χ1) is 13.7. The Morgan fingerprint density at radius 1 is 1.00 bits per heavy atom. The van der Waals surface area contributed by atoms with Gasteiger partial charge in [0.05, 0.1) is 0 Å². The number of thiophene rings is 1. The number of carbonyl (C=O) groups is 2. The second-order valence-corrected chi connectivity index (χ2v) is 8.53. The average molecular weight is 399 g/mol. The highest BCUT2D eigenvalue weighted by atomic mass is 32.1. The summed E-state index contributed by atoms with van der Waals surface area (Å²) in [6, 6.07) is 11.4. The number of ether oxygens (including phenoxy) is 1. The van der Waals surface area contributed by atoms with Gasteiger partial charge in [0.2, 0.25) is 5.91 Å². The molecule has 4 rings (SSSR count). The fraction of sp³-hybridized carbons (Fsp3) is 0.455. The average Bonchev–Trinajstić information content (AvgIpc) is 3.46. The molecule has 0 saturated carbocycles. The molecule has 2 aliphatic heterocycles. The number of piperidine rings is 1. The van der Waals surface area contributed by atoms with E-state index < -0.39 is 0 Å². The van der Waals surface area contributed by atoms with E-state index in [0.29, 0.717) is 31.0 Å². The summed E-state index contributed by atoms with van der Waals surface area (Å²) in [5.74, 6) is 1.09. The molecule has 6 heteroatoms. The van der Waals surface area contributed by atoms with Gasteiger partial charge in [-0.15, -0.1) is 11.3 Å². The van der Waals surface area contributed by atoms with Gasteiger partial charge in [0, 0.05) is 42.5 Å². The Morgan fingerprint density at radius 3 is 2.50 bits per heavy atom. The van der Waals surface area contributed by atoms with Crippen LogP contribution in [0.2, 0.25) is 0 Å². The summed E-state index contributed by atoms with van der Waals surface area (Å²) < 4.78 is 5.82. The number of nitrogens with zero attached hydrogens (tertiary/aromatic N) is 2. The molecule has 2 fully saturated rings. The third-order valence-electron chi connectivity index (χ3n) is 5.59. The summed E-state index contributed by atoms with van der Waals surface area (Å²) in [6.45, 7) is 3.60. The van der Waals surface area contributed by atoms with Crippen LogP contribution in [0, 0.1) is 5.92 Å². The fourth-order valence-corrected chi connectivity index (χ4v) is 4.59. The monoisotopic (exact) mass is 398 g/mol. The van der Waals surface area contributed by atoms with Crippen molar-refractivity contribution in [1.29, 1.82) is 0 Å². The van der Waals surface area contributed by atoms with Crippen LogP contribution in [-0.4, -0.2) is 47.8 Å². The lowest BCUT2D eigenvalue weighted by molar-refractivity contribution is -0.135. The Morgan fingerprint density at radius 2 is 1.79 bits per heavy atom. The second kappa shape index (κ2) is 8.78. The van der Waals surface area contributed by atoms with Gasteiger partial charge in [0.1, 0.15) is 12.4 Å². The highest BCUT2D eigenvalue weighted by molar-refractivity contribution is 7.09. The number of benzene rings is 1. The fourth-order valence-electron chi connectivity index (χ4n) is 3.98. The van der Waals surface area contributed by atoms with E-state index in [1.54, 1.807) is 11.3 Å². The van der Waals surface area contributed by atoms with Crippen LogP contribution in [0.3, 0.4) is 0 Å². The number of rotatable bonds is 5. The molecule has 0 unspecified atom stereocenters. The van der Waals surface area contributed by atoms with Gasteiger partial charge in [-0.05, 0) is 55.3 Å². The first kappa shape index (κ1) is 19.0. The van der Waals surface area contributed by atoms with Gasteiger partial charge >= 0.3 is 0 Å². The molecular weight excluding hydrogens is 372 g/mol. The molecule has 28 heavy (non-hydrogen) atoms. The van der Waals surface area contributed by atoms with E-state index in [0.717, 1.165) is 43.6 Å². The predicted molar refractivity (Wildman–Crippen MR) is 110 cm³/mol. The van der Waals surface area contributed by atoms with E-state index in [4.69, 9.17) is 4.74 Å². The molecular formula is C22H26N2O3S. The van der Waals surface area contributed by atoms with Gasteiger partial charge in [-0.1, -0.05) is 12.1 Å². The first-order valence-corrected chi connectivity index (χ1v) is 10.9. The topological polar surface area (TPSA) is 49.9 Å². The van der Waals surface area contributed by atoms with E-state index in [2.05, 4.69) is 0 Å². The third-order valence-corrected chi connectivity index (χ3v) is 6.44. The molecule has 0 bridgehead atoms. The molecule has 5 nitrogen and oxygen atoms in total. The van der Waals surface area contributed by atoms with Crippen LogP contribution in [0.5, 0.6) is 5.75 Å². The molecule has 2 amide bonds. The van der Waals surface area contributed by atoms with E-state index in [-0.39, 0.29) is 17.7 Å². The van der Waals surface area contributed by atoms with Crippen LogP contribution < -0.4 is 4.74 Å². The van der Waals surface area contributed by atoms with Crippen molar-refractivity contribution in [2.45, 2.75) is 32.3 Å². The third kappa shape index (κ3) is 4.38. The zero-order valence-electron chi connectivity index (χ0n) is 16.0. The second-order valence-electron chi connectivity index (χ2n) is 7.49. The minimum Gasteiger partial charge on any atom is -0.488 e. The zero-order chi connectivity index (χ0) is 19.3. The minimum absolute atomic E-state index is 0.0219. The van der Waals surface area contributed by atoms with Crippen LogP contribution in [0.15, 0.2) is 41.8 Å². The number of hydrogen-bond donors (Lipinski definition) is 0. The first-order valence-electron chi connectivity index (χ1n) is 10.0. The summed E-state index contributed by atoms with van der Waals surface area (Å²) >= 11 is 1.66. The van der Waals surface area contributed by atoms with Gasteiger partial charge < -0.3 is 14.5 Å². The maximum Gasteiger partial charge on any atom is 0.253 e. The number of likely N-dealkylation sites (tertiary alicyclic amines) is 2. The lowest BCUT2D eigenvalue weighted by atomic mass is 9.95.